The zero-order chi connectivity index (χ0) is 10.6. The van der Waals surface area contributed by atoms with Gasteiger partial charge in [-0.1, -0.05) is 13.8 Å². The zero-order valence-corrected chi connectivity index (χ0v) is 9.53. The van der Waals surface area contributed by atoms with E-state index in [0.29, 0.717) is 18.4 Å². The summed E-state index contributed by atoms with van der Waals surface area (Å²) in [5, 5.41) is 8.76. The van der Waals surface area contributed by atoms with Gasteiger partial charge in [-0.15, -0.1) is 0 Å². The lowest BCUT2D eigenvalue weighted by molar-refractivity contribution is 0.0820. The lowest BCUT2D eigenvalue weighted by Gasteiger charge is -2.39. The Morgan fingerprint density at radius 1 is 1.43 bits per heavy atom. The maximum atomic E-state index is 8.76. The predicted molar refractivity (Wildman–Crippen MR) is 57.9 cm³/mol. The monoisotopic (exact) mass is 195 g/mol. The highest BCUT2D eigenvalue weighted by Crippen LogP contribution is 2.13. The number of hydrogen-bond acceptors (Lipinski definition) is 3. The van der Waals surface area contributed by atoms with E-state index in [1.807, 2.05) is 0 Å². The van der Waals surface area contributed by atoms with Crippen LogP contribution in [0.4, 0.5) is 0 Å². The lowest BCUT2D eigenvalue weighted by Crippen LogP contribution is -2.52. The molecule has 1 rings (SSSR count). The summed E-state index contributed by atoms with van der Waals surface area (Å²) in [6, 6.07) is 2.74. The van der Waals surface area contributed by atoms with Gasteiger partial charge in [0.15, 0.2) is 0 Å². The van der Waals surface area contributed by atoms with Gasteiger partial charge in [0.05, 0.1) is 12.5 Å². The standard InChI is InChI=1S/C11H21N3/c1-10(2)8-14-7-6-13(3)9-11(14)4-5-12/h10-11H,4,6-9H2,1-3H3. The number of nitriles is 1. The van der Waals surface area contributed by atoms with Crippen molar-refractivity contribution >= 4 is 0 Å². The predicted octanol–water partition coefficient (Wildman–Crippen LogP) is 1.17. The van der Waals surface area contributed by atoms with Crippen molar-refractivity contribution in [1.29, 1.82) is 5.26 Å². The van der Waals surface area contributed by atoms with E-state index in [4.69, 9.17) is 5.26 Å². The van der Waals surface area contributed by atoms with Crippen molar-refractivity contribution in [3.8, 4) is 6.07 Å². The van der Waals surface area contributed by atoms with E-state index in [-0.39, 0.29) is 0 Å². The smallest absolute Gasteiger partial charge is 0.0638 e. The minimum absolute atomic E-state index is 0.446. The Morgan fingerprint density at radius 2 is 2.14 bits per heavy atom. The van der Waals surface area contributed by atoms with Gasteiger partial charge in [0, 0.05) is 32.2 Å². The summed E-state index contributed by atoms with van der Waals surface area (Å²) in [5.74, 6) is 0.694. The van der Waals surface area contributed by atoms with Crippen LogP contribution in [0.2, 0.25) is 0 Å². The summed E-state index contributed by atoms with van der Waals surface area (Å²) in [5.41, 5.74) is 0. The molecule has 1 fully saturated rings. The third-order valence-electron chi connectivity index (χ3n) is 2.73. The van der Waals surface area contributed by atoms with Crippen molar-refractivity contribution < 1.29 is 0 Å². The van der Waals surface area contributed by atoms with Crippen molar-refractivity contribution in [2.45, 2.75) is 26.3 Å². The number of rotatable bonds is 3. The molecule has 80 valence electrons. The Labute approximate surface area is 87.3 Å². The Morgan fingerprint density at radius 3 is 2.71 bits per heavy atom. The SMILES string of the molecule is CC(C)CN1CCN(C)CC1CC#N. The first-order chi connectivity index (χ1) is 6.63. The average molecular weight is 195 g/mol. The first kappa shape index (κ1) is 11.5. The van der Waals surface area contributed by atoms with Crippen molar-refractivity contribution in [1.82, 2.24) is 9.80 Å². The molecule has 14 heavy (non-hydrogen) atoms. The summed E-state index contributed by atoms with van der Waals surface area (Å²) >= 11 is 0. The molecule has 0 saturated carbocycles. The van der Waals surface area contributed by atoms with Gasteiger partial charge in [0.2, 0.25) is 0 Å². The Kier molecular flexibility index (Phi) is 4.37. The summed E-state index contributed by atoms with van der Waals surface area (Å²) in [7, 11) is 2.14. The molecule has 1 atom stereocenters. The molecule has 0 spiro atoms. The van der Waals surface area contributed by atoms with Crippen LogP contribution >= 0.6 is 0 Å². The summed E-state index contributed by atoms with van der Waals surface area (Å²) in [6.07, 6.45) is 0.664. The molecule has 1 aliphatic heterocycles. The summed E-state index contributed by atoms with van der Waals surface area (Å²) in [6.45, 7) is 8.89. The number of hydrogen-bond donors (Lipinski definition) is 0. The Bertz CT molecular complexity index is 207. The van der Waals surface area contributed by atoms with E-state index in [1.54, 1.807) is 0 Å². The van der Waals surface area contributed by atoms with Gasteiger partial charge in [-0.3, -0.25) is 4.90 Å². The van der Waals surface area contributed by atoms with E-state index in [9.17, 15) is 0 Å². The van der Waals surface area contributed by atoms with Crippen LogP contribution in [0.3, 0.4) is 0 Å². The highest BCUT2D eigenvalue weighted by atomic mass is 15.3. The lowest BCUT2D eigenvalue weighted by atomic mass is 10.1. The van der Waals surface area contributed by atoms with Gasteiger partial charge in [0.1, 0.15) is 0 Å². The molecule has 0 aliphatic carbocycles. The summed E-state index contributed by atoms with van der Waals surface area (Å²) in [4.78, 5) is 4.78. The van der Waals surface area contributed by atoms with Gasteiger partial charge in [0.25, 0.3) is 0 Å². The molecule has 3 heteroatoms. The van der Waals surface area contributed by atoms with Crippen LogP contribution in [-0.2, 0) is 0 Å². The van der Waals surface area contributed by atoms with E-state index in [0.717, 1.165) is 26.2 Å². The molecule has 0 aromatic carbocycles. The quantitative estimate of drug-likeness (QED) is 0.677. The second kappa shape index (κ2) is 5.33. The van der Waals surface area contributed by atoms with Crippen LogP contribution in [-0.4, -0.2) is 49.1 Å². The van der Waals surface area contributed by atoms with Crippen molar-refractivity contribution in [3.05, 3.63) is 0 Å². The molecular formula is C11H21N3. The van der Waals surface area contributed by atoms with Crippen LogP contribution in [0.15, 0.2) is 0 Å². The zero-order valence-electron chi connectivity index (χ0n) is 9.53. The van der Waals surface area contributed by atoms with Crippen molar-refractivity contribution in [3.63, 3.8) is 0 Å². The second-order valence-electron chi connectivity index (χ2n) is 4.67. The van der Waals surface area contributed by atoms with Gasteiger partial charge >= 0.3 is 0 Å². The molecule has 0 aromatic heterocycles. The number of likely N-dealkylation sites (N-methyl/N-ethyl adjacent to an activating group) is 1. The third kappa shape index (κ3) is 3.28. The normalized spacial score (nSPS) is 25.2. The van der Waals surface area contributed by atoms with Gasteiger partial charge in [-0.25, -0.2) is 0 Å². The molecule has 3 nitrogen and oxygen atoms in total. The topological polar surface area (TPSA) is 30.3 Å². The Balaban J connectivity index is 2.49. The van der Waals surface area contributed by atoms with Crippen molar-refractivity contribution in [2.75, 3.05) is 33.2 Å². The van der Waals surface area contributed by atoms with Crippen LogP contribution in [0.25, 0.3) is 0 Å². The van der Waals surface area contributed by atoms with Crippen LogP contribution in [0.1, 0.15) is 20.3 Å². The Hall–Kier alpha value is -0.590. The molecular weight excluding hydrogens is 174 g/mol. The first-order valence-electron chi connectivity index (χ1n) is 5.43. The fourth-order valence-electron chi connectivity index (χ4n) is 2.06. The molecule has 1 unspecified atom stereocenters. The average Bonchev–Trinajstić information content (AvgIpc) is 2.09. The van der Waals surface area contributed by atoms with E-state index >= 15 is 0 Å². The van der Waals surface area contributed by atoms with Crippen LogP contribution in [0, 0.1) is 17.2 Å². The maximum absolute atomic E-state index is 8.76. The van der Waals surface area contributed by atoms with E-state index in [1.165, 1.54) is 0 Å². The third-order valence-corrected chi connectivity index (χ3v) is 2.73. The van der Waals surface area contributed by atoms with Gasteiger partial charge in [-0.05, 0) is 13.0 Å². The fraction of sp³-hybridized carbons (Fsp3) is 0.909. The van der Waals surface area contributed by atoms with Crippen molar-refractivity contribution in [2.24, 2.45) is 5.92 Å². The molecule has 0 bridgehead atoms. The van der Waals surface area contributed by atoms with Crippen LogP contribution in [0.5, 0.6) is 0 Å². The number of piperazine rings is 1. The summed E-state index contributed by atoms with van der Waals surface area (Å²) < 4.78 is 0. The molecule has 0 aromatic rings. The highest BCUT2D eigenvalue weighted by molar-refractivity contribution is 4.88. The fourth-order valence-corrected chi connectivity index (χ4v) is 2.06. The molecule has 0 N–H and O–H groups in total. The number of nitrogens with zero attached hydrogens (tertiary/aromatic N) is 3. The van der Waals surface area contributed by atoms with Gasteiger partial charge in [-0.2, -0.15) is 5.26 Å². The first-order valence-corrected chi connectivity index (χ1v) is 5.43. The molecule has 0 amide bonds. The van der Waals surface area contributed by atoms with Crippen LogP contribution < -0.4 is 0 Å². The van der Waals surface area contributed by atoms with E-state index < -0.39 is 0 Å². The maximum Gasteiger partial charge on any atom is 0.0638 e. The minimum atomic E-state index is 0.446. The second-order valence-corrected chi connectivity index (χ2v) is 4.67. The highest BCUT2D eigenvalue weighted by Gasteiger charge is 2.24. The molecule has 1 saturated heterocycles. The van der Waals surface area contributed by atoms with E-state index in [2.05, 4.69) is 36.8 Å². The molecule has 1 heterocycles. The minimum Gasteiger partial charge on any atom is -0.304 e. The largest absolute Gasteiger partial charge is 0.304 e. The molecule has 1 aliphatic rings. The molecule has 0 radical (unpaired) electrons. The van der Waals surface area contributed by atoms with Gasteiger partial charge < -0.3 is 4.90 Å².